The molecule has 0 aromatic carbocycles. The summed E-state index contributed by atoms with van der Waals surface area (Å²) in [4.78, 5) is 43.7. The zero-order valence-corrected chi connectivity index (χ0v) is 12.5. The van der Waals surface area contributed by atoms with Gasteiger partial charge in [0, 0.05) is 32.7 Å². The fraction of sp³-hybridized carbons (Fsp3) is 0.600. The Balaban J connectivity index is 0. The number of hydrogen-bond acceptors (Lipinski definition) is 9. The van der Waals surface area contributed by atoms with Crippen molar-refractivity contribution in [2.24, 2.45) is 0 Å². The Hall–Kier alpha value is -1.58. The first-order chi connectivity index (χ1) is 9.20. The van der Waals surface area contributed by atoms with Gasteiger partial charge in [-0.2, -0.15) is 0 Å². The predicted octanol–water partition coefficient (Wildman–Crippen LogP) is -6.08. The molecular formula is C10H13N2O8Ru. The second-order valence-corrected chi connectivity index (χ2v) is 3.93. The van der Waals surface area contributed by atoms with E-state index in [1.807, 2.05) is 0 Å². The maximum Gasteiger partial charge on any atom is 3.00 e. The predicted molar refractivity (Wildman–Crippen MR) is 55.5 cm³/mol. The molecule has 0 atom stereocenters. The van der Waals surface area contributed by atoms with Gasteiger partial charge < -0.3 is 34.8 Å². The minimum absolute atomic E-state index is 0. The van der Waals surface area contributed by atoms with E-state index in [9.17, 15) is 34.5 Å². The van der Waals surface area contributed by atoms with Gasteiger partial charge in [-0.25, -0.2) is 0 Å². The van der Waals surface area contributed by atoms with Gasteiger partial charge in [-0.1, -0.05) is 0 Å². The fourth-order valence-corrected chi connectivity index (χ4v) is 1.45. The normalized spacial score (nSPS) is 10.2. The number of carboxylic acid groups (broad SMARTS) is 4. The van der Waals surface area contributed by atoms with Gasteiger partial charge in [0.1, 0.15) is 0 Å². The topological polar surface area (TPSA) is 164 Å². The summed E-state index contributed by atoms with van der Waals surface area (Å²) in [7, 11) is 0. The molecule has 0 aliphatic heterocycles. The fourth-order valence-electron chi connectivity index (χ4n) is 1.45. The molecule has 1 N–H and O–H groups in total. The van der Waals surface area contributed by atoms with Gasteiger partial charge in [0.05, 0.1) is 24.5 Å². The Bertz CT molecular complexity index is 321. The summed E-state index contributed by atoms with van der Waals surface area (Å²) in [6.07, 6.45) is 0. The van der Waals surface area contributed by atoms with Crippen molar-refractivity contribution in [1.82, 2.24) is 9.80 Å². The number of rotatable bonds is 11. The van der Waals surface area contributed by atoms with Crippen molar-refractivity contribution in [2.45, 2.75) is 0 Å². The van der Waals surface area contributed by atoms with Crippen molar-refractivity contribution >= 4 is 23.9 Å². The van der Waals surface area contributed by atoms with Crippen LogP contribution in [0.15, 0.2) is 0 Å². The minimum atomic E-state index is -1.52. The van der Waals surface area contributed by atoms with Crippen molar-refractivity contribution in [1.29, 1.82) is 0 Å². The van der Waals surface area contributed by atoms with Gasteiger partial charge in [0.2, 0.25) is 0 Å². The molecule has 0 saturated carbocycles. The van der Waals surface area contributed by atoms with Crippen LogP contribution in [0.4, 0.5) is 0 Å². The average molecular weight is 390 g/mol. The summed E-state index contributed by atoms with van der Waals surface area (Å²) in [6, 6.07) is 0. The molecule has 21 heavy (non-hydrogen) atoms. The molecule has 0 bridgehead atoms. The molecule has 11 heteroatoms. The monoisotopic (exact) mass is 391 g/mol. The van der Waals surface area contributed by atoms with Crippen LogP contribution in [-0.4, -0.2) is 78.1 Å². The molecule has 119 valence electrons. The summed E-state index contributed by atoms with van der Waals surface area (Å²) < 4.78 is 0. The van der Waals surface area contributed by atoms with Crippen LogP contribution in [0.25, 0.3) is 0 Å². The number of carbonyl (C=O) groups excluding carboxylic acids is 3. The van der Waals surface area contributed by atoms with E-state index in [2.05, 4.69) is 0 Å². The van der Waals surface area contributed by atoms with E-state index in [-0.39, 0.29) is 32.6 Å². The maximum atomic E-state index is 10.5. The van der Waals surface area contributed by atoms with E-state index in [4.69, 9.17) is 5.11 Å². The molecule has 0 spiro atoms. The maximum absolute atomic E-state index is 10.5. The van der Waals surface area contributed by atoms with E-state index >= 15 is 0 Å². The van der Waals surface area contributed by atoms with Gasteiger partial charge in [-0.15, -0.1) is 0 Å². The smallest absolute Gasteiger partial charge is 0.549 e. The molecule has 0 amide bonds. The van der Waals surface area contributed by atoms with Crippen molar-refractivity contribution in [3.63, 3.8) is 0 Å². The first-order valence-corrected chi connectivity index (χ1v) is 5.46. The summed E-state index contributed by atoms with van der Waals surface area (Å²) in [5.41, 5.74) is 0. The molecule has 0 aromatic heterocycles. The van der Waals surface area contributed by atoms with Gasteiger partial charge in [-0.3, -0.25) is 14.6 Å². The first-order valence-electron chi connectivity index (χ1n) is 5.46. The quantitative estimate of drug-likeness (QED) is 0.336. The van der Waals surface area contributed by atoms with Gasteiger partial charge in [0.25, 0.3) is 0 Å². The van der Waals surface area contributed by atoms with Gasteiger partial charge in [-0.05, 0) is 0 Å². The Labute approximate surface area is 132 Å². The number of carbonyl (C=O) groups is 4. The molecule has 0 unspecified atom stereocenters. The van der Waals surface area contributed by atoms with Crippen LogP contribution in [0, 0.1) is 0 Å². The van der Waals surface area contributed by atoms with Gasteiger partial charge >= 0.3 is 25.4 Å². The molecular weight excluding hydrogens is 377 g/mol. The van der Waals surface area contributed by atoms with E-state index < -0.39 is 50.1 Å². The second kappa shape index (κ2) is 11.1. The number of aliphatic carboxylic acids is 4. The van der Waals surface area contributed by atoms with Crippen LogP contribution >= 0.6 is 0 Å². The summed E-state index contributed by atoms with van der Waals surface area (Å²) in [6.45, 7) is -3.00. The first kappa shape index (κ1) is 21.7. The zero-order valence-electron chi connectivity index (χ0n) is 10.8. The molecule has 0 fully saturated rings. The van der Waals surface area contributed by atoms with E-state index in [0.29, 0.717) is 0 Å². The van der Waals surface area contributed by atoms with Crippen LogP contribution in [-0.2, 0) is 38.7 Å². The molecule has 0 heterocycles. The number of hydrogen-bond donors (Lipinski definition) is 1. The minimum Gasteiger partial charge on any atom is -0.549 e. The largest absolute Gasteiger partial charge is 3.00 e. The molecule has 10 nitrogen and oxygen atoms in total. The summed E-state index contributed by atoms with van der Waals surface area (Å²) in [5, 5.41) is 39.8. The van der Waals surface area contributed by atoms with E-state index in [0.717, 1.165) is 9.80 Å². The summed E-state index contributed by atoms with van der Waals surface area (Å²) >= 11 is 0. The van der Waals surface area contributed by atoms with Crippen LogP contribution in [0.5, 0.6) is 0 Å². The van der Waals surface area contributed by atoms with Crippen molar-refractivity contribution in [3.05, 3.63) is 0 Å². The van der Waals surface area contributed by atoms with Crippen LogP contribution in [0.3, 0.4) is 0 Å². The molecule has 0 aliphatic rings. The van der Waals surface area contributed by atoms with E-state index in [1.54, 1.807) is 0 Å². The van der Waals surface area contributed by atoms with Crippen LogP contribution < -0.4 is 15.3 Å². The Morgan fingerprint density at radius 1 is 0.714 bits per heavy atom. The molecule has 0 aliphatic carbocycles. The van der Waals surface area contributed by atoms with Crippen molar-refractivity contribution in [3.8, 4) is 0 Å². The third-order valence-corrected chi connectivity index (χ3v) is 2.15. The van der Waals surface area contributed by atoms with Gasteiger partial charge in [0.15, 0.2) is 0 Å². The average Bonchev–Trinajstić information content (AvgIpc) is 2.22. The van der Waals surface area contributed by atoms with Crippen molar-refractivity contribution in [2.75, 3.05) is 39.3 Å². The van der Waals surface area contributed by atoms with Crippen LogP contribution in [0.1, 0.15) is 0 Å². The zero-order chi connectivity index (χ0) is 15.7. The third kappa shape index (κ3) is 13.2. The summed E-state index contributed by atoms with van der Waals surface area (Å²) in [5.74, 6) is -5.82. The number of carboxylic acids is 4. The van der Waals surface area contributed by atoms with E-state index in [1.165, 1.54) is 0 Å². The van der Waals surface area contributed by atoms with Crippen molar-refractivity contribution < 1.29 is 59.1 Å². The molecule has 0 rings (SSSR count). The molecule has 1 radical (unpaired) electrons. The Morgan fingerprint density at radius 3 is 1.24 bits per heavy atom. The third-order valence-electron chi connectivity index (χ3n) is 2.15. The number of nitrogens with zero attached hydrogens (tertiary/aromatic N) is 2. The molecule has 0 saturated heterocycles. The van der Waals surface area contributed by atoms with Crippen LogP contribution in [0.2, 0.25) is 0 Å². The Kier molecular flexibility index (Phi) is 11.5. The standard InChI is InChI=1S/C10H16N2O8.Ru/c13-7(14)3-11(4-8(15)16)1-2-12(5-9(17)18)6-10(19)20;/h1-6H2,(H,13,14)(H,15,16)(H,17,18)(H,19,20);/q;+3/p-3. The Morgan fingerprint density at radius 2 is 1.00 bits per heavy atom. The second-order valence-electron chi connectivity index (χ2n) is 3.93. The molecule has 0 aromatic rings. The SMILES string of the molecule is O=C([O-])CN(CCN(CC(=O)[O-])CC(=O)O)CC(=O)[O-].[Ru+3].